The van der Waals surface area contributed by atoms with Crippen molar-refractivity contribution in [2.24, 2.45) is 5.73 Å². The van der Waals surface area contributed by atoms with Crippen molar-refractivity contribution in [1.82, 2.24) is 0 Å². The van der Waals surface area contributed by atoms with Crippen LogP contribution in [0.2, 0.25) is 0 Å². The lowest BCUT2D eigenvalue weighted by Gasteiger charge is -2.14. The first-order valence-electron chi connectivity index (χ1n) is 4.80. The van der Waals surface area contributed by atoms with Crippen LogP contribution in [0.3, 0.4) is 0 Å². The zero-order chi connectivity index (χ0) is 11.8. The van der Waals surface area contributed by atoms with Gasteiger partial charge < -0.3 is 5.73 Å². The Morgan fingerprint density at radius 2 is 1.80 bits per heavy atom. The quantitative estimate of drug-likeness (QED) is 0.837. The second-order valence-corrected chi connectivity index (χ2v) is 6.03. The second kappa shape index (κ2) is 3.94. The van der Waals surface area contributed by atoms with Crippen molar-refractivity contribution >= 4 is 9.84 Å². The highest BCUT2D eigenvalue weighted by Crippen LogP contribution is 2.23. The van der Waals surface area contributed by atoms with E-state index in [1.807, 2.05) is 20.8 Å². The van der Waals surface area contributed by atoms with Crippen molar-refractivity contribution in [1.29, 1.82) is 0 Å². The van der Waals surface area contributed by atoms with Crippen LogP contribution in [0.15, 0.2) is 17.0 Å². The van der Waals surface area contributed by atoms with Crippen molar-refractivity contribution in [2.75, 3.05) is 6.26 Å². The minimum Gasteiger partial charge on any atom is -0.324 e. The van der Waals surface area contributed by atoms with E-state index < -0.39 is 9.84 Å². The first-order valence-corrected chi connectivity index (χ1v) is 6.69. The summed E-state index contributed by atoms with van der Waals surface area (Å²) in [5, 5.41) is 0. The number of hydrogen-bond donors (Lipinski definition) is 1. The molecule has 0 fully saturated rings. The molecular formula is C11H17NO2S. The SMILES string of the molecule is Cc1cc(S(C)(=O)=O)cc(C(C)N)c1C. The number of benzene rings is 1. The minimum absolute atomic E-state index is 0.148. The third kappa shape index (κ3) is 2.58. The van der Waals surface area contributed by atoms with E-state index in [1.54, 1.807) is 12.1 Å². The summed E-state index contributed by atoms with van der Waals surface area (Å²) in [4.78, 5) is 0.345. The molecule has 1 rings (SSSR count). The summed E-state index contributed by atoms with van der Waals surface area (Å²) in [6.45, 7) is 5.71. The molecule has 0 radical (unpaired) electrons. The molecule has 2 N–H and O–H groups in total. The molecule has 15 heavy (non-hydrogen) atoms. The Kier molecular flexibility index (Phi) is 3.21. The summed E-state index contributed by atoms with van der Waals surface area (Å²) in [7, 11) is -3.15. The van der Waals surface area contributed by atoms with Crippen molar-refractivity contribution < 1.29 is 8.42 Å². The molecular weight excluding hydrogens is 210 g/mol. The van der Waals surface area contributed by atoms with Crippen LogP contribution in [0.25, 0.3) is 0 Å². The molecule has 0 bridgehead atoms. The fraction of sp³-hybridized carbons (Fsp3) is 0.455. The van der Waals surface area contributed by atoms with Gasteiger partial charge in [-0.2, -0.15) is 0 Å². The Hall–Kier alpha value is -0.870. The largest absolute Gasteiger partial charge is 0.324 e. The highest BCUT2D eigenvalue weighted by molar-refractivity contribution is 7.90. The molecule has 1 aromatic rings. The number of aryl methyl sites for hydroxylation is 1. The van der Waals surface area contributed by atoms with Crippen LogP contribution in [0.5, 0.6) is 0 Å². The zero-order valence-corrected chi connectivity index (χ0v) is 10.4. The van der Waals surface area contributed by atoms with Gasteiger partial charge in [0.15, 0.2) is 9.84 Å². The maximum Gasteiger partial charge on any atom is 0.175 e. The van der Waals surface area contributed by atoms with Crippen LogP contribution in [0.4, 0.5) is 0 Å². The van der Waals surface area contributed by atoms with Crippen LogP contribution in [0, 0.1) is 13.8 Å². The maximum atomic E-state index is 11.4. The predicted molar refractivity (Wildman–Crippen MR) is 61.6 cm³/mol. The summed E-state index contributed by atoms with van der Waals surface area (Å²) in [5.41, 5.74) is 8.73. The Labute approximate surface area is 91.2 Å². The van der Waals surface area contributed by atoms with Crippen LogP contribution in [-0.4, -0.2) is 14.7 Å². The van der Waals surface area contributed by atoms with Crippen molar-refractivity contribution in [3.63, 3.8) is 0 Å². The summed E-state index contributed by atoms with van der Waals surface area (Å²) >= 11 is 0. The third-order valence-corrected chi connectivity index (χ3v) is 3.69. The van der Waals surface area contributed by atoms with E-state index in [-0.39, 0.29) is 6.04 Å². The van der Waals surface area contributed by atoms with E-state index in [0.717, 1.165) is 16.7 Å². The molecule has 0 aromatic heterocycles. The second-order valence-electron chi connectivity index (χ2n) is 4.02. The zero-order valence-electron chi connectivity index (χ0n) is 9.53. The number of hydrogen-bond acceptors (Lipinski definition) is 3. The molecule has 1 unspecified atom stereocenters. The van der Waals surface area contributed by atoms with Gasteiger partial charge in [-0.15, -0.1) is 0 Å². The molecule has 0 spiro atoms. The first kappa shape index (κ1) is 12.2. The Morgan fingerprint density at radius 1 is 1.27 bits per heavy atom. The first-order chi connectivity index (χ1) is 6.73. The van der Waals surface area contributed by atoms with Crippen molar-refractivity contribution in [2.45, 2.75) is 31.7 Å². The van der Waals surface area contributed by atoms with E-state index in [4.69, 9.17) is 5.73 Å². The fourth-order valence-electron chi connectivity index (χ4n) is 1.54. The Balaban J connectivity index is 3.50. The molecule has 0 heterocycles. The van der Waals surface area contributed by atoms with Gasteiger partial charge in [-0.05, 0) is 49.6 Å². The average molecular weight is 227 g/mol. The molecule has 4 heteroatoms. The van der Waals surface area contributed by atoms with Crippen LogP contribution >= 0.6 is 0 Å². The topological polar surface area (TPSA) is 60.2 Å². The smallest absolute Gasteiger partial charge is 0.175 e. The van der Waals surface area contributed by atoms with Crippen LogP contribution in [-0.2, 0) is 9.84 Å². The van der Waals surface area contributed by atoms with Crippen molar-refractivity contribution in [3.05, 3.63) is 28.8 Å². The molecule has 1 aromatic carbocycles. The lowest BCUT2D eigenvalue weighted by atomic mass is 9.99. The van der Waals surface area contributed by atoms with Gasteiger partial charge in [-0.1, -0.05) is 0 Å². The van der Waals surface area contributed by atoms with Gasteiger partial charge in [0.2, 0.25) is 0 Å². The minimum atomic E-state index is -3.15. The number of rotatable bonds is 2. The monoisotopic (exact) mass is 227 g/mol. The van der Waals surface area contributed by atoms with Crippen molar-refractivity contribution in [3.8, 4) is 0 Å². The lowest BCUT2D eigenvalue weighted by Crippen LogP contribution is -2.10. The summed E-state index contributed by atoms with van der Waals surface area (Å²) in [6, 6.07) is 3.21. The summed E-state index contributed by atoms with van der Waals surface area (Å²) < 4.78 is 22.9. The molecule has 0 aliphatic heterocycles. The molecule has 0 aliphatic carbocycles. The third-order valence-electron chi connectivity index (χ3n) is 2.60. The average Bonchev–Trinajstić information content (AvgIpc) is 2.06. The summed E-state index contributed by atoms with van der Waals surface area (Å²) in [5.74, 6) is 0. The number of sulfone groups is 1. The Bertz CT molecular complexity index is 476. The van der Waals surface area contributed by atoms with Gasteiger partial charge in [0, 0.05) is 12.3 Å². The van der Waals surface area contributed by atoms with Gasteiger partial charge in [0.25, 0.3) is 0 Å². The van der Waals surface area contributed by atoms with Gasteiger partial charge in [-0.25, -0.2) is 8.42 Å². The van der Waals surface area contributed by atoms with Crippen LogP contribution < -0.4 is 5.73 Å². The highest BCUT2D eigenvalue weighted by Gasteiger charge is 2.13. The molecule has 3 nitrogen and oxygen atoms in total. The molecule has 0 saturated carbocycles. The van der Waals surface area contributed by atoms with Gasteiger partial charge in [-0.3, -0.25) is 0 Å². The van der Waals surface area contributed by atoms with E-state index in [2.05, 4.69) is 0 Å². The molecule has 1 atom stereocenters. The molecule has 0 amide bonds. The van der Waals surface area contributed by atoms with E-state index in [1.165, 1.54) is 6.26 Å². The van der Waals surface area contributed by atoms with Gasteiger partial charge in [0.05, 0.1) is 4.90 Å². The maximum absolute atomic E-state index is 11.4. The molecule has 84 valence electrons. The lowest BCUT2D eigenvalue weighted by molar-refractivity contribution is 0.601. The normalized spacial score (nSPS) is 13.9. The molecule has 0 aliphatic rings. The highest BCUT2D eigenvalue weighted by atomic mass is 32.2. The van der Waals surface area contributed by atoms with Crippen LogP contribution in [0.1, 0.15) is 29.7 Å². The predicted octanol–water partition coefficient (Wildman–Crippen LogP) is 1.73. The van der Waals surface area contributed by atoms with Gasteiger partial charge in [0.1, 0.15) is 0 Å². The van der Waals surface area contributed by atoms with E-state index in [0.29, 0.717) is 4.90 Å². The Morgan fingerprint density at radius 3 is 2.20 bits per heavy atom. The van der Waals surface area contributed by atoms with E-state index >= 15 is 0 Å². The fourth-order valence-corrected chi connectivity index (χ4v) is 2.27. The summed E-state index contributed by atoms with van der Waals surface area (Å²) in [6.07, 6.45) is 1.21. The standard InChI is InChI=1S/C11H17NO2S/c1-7-5-10(15(4,13)14)6-11(8(7)2)9(3)12/h5-6,9H,12H2,1-4H3. The van der Waals surface area contributed by atoms with E-state index in [9.17, 15) is 8.42 Å². The number of nitrogens with two attached hydrogens (primary N) is 1. The van der Waals surface area contributed by atoms with Gasteiger partial charge >= 0.3 is 0 Å². The molecule has 0 saturated heterocycles.